The highest BCUT2D eigenvalue weighted by atomic mass is 32.2. The third kappa shape index (κ3) is 6.46. The number of rotatable bonds is 9. The van der Waals surface area contributed by atoms with Crippen LogP contribution < -0.4 is 14.8 Å². The summed E-state index contributed by atoms with van der Waals surface area (Å²) in [5.74, 6) is 0.167. The van der Waals surface area contributed by atoms with Crippen molar-refractivity contribution >= 4 is 15.9 Å². The van der Waals surface area contributed by atoms with Crippen LogP contribution in [0.2, 0.25) is 0 Å². The molecule has 2 atom stereocenters. The lowest BCUT2D eigenvalue weighted by atomic mass is 9.96. The van der Waals surface area contributed by atoms with Crippen molar-refractivity contribution < 1.29 is 17.9 Å². The first kappa shape index (κ1) is 25.5. The number of carbonyl (C=O) groups excluding carboxylic acids is 1. The maximum atomic E-state index is 12.7. The maximum absolute atomic E-state index is 12.7. The van der Waals surface area contributed by atoms with Crippen LogP contribution >= 0.6 is 0 Å². The third-order valence-corrected chi connectivity index (χ3v) is 7.42. The number of hydrogen-bond donors (Lipinski definition) is 2. The molecule has 0 aliphatic rings. The summed E-state index contributed by atoms with van der Waals surface area (Å²) in [7, 11) is -3.70. The molecule has 7 heteroatoms. The van der Waals surface area contributed by atoms with Gasteiger partial charge in [-0.25, -0.2) is 13.1 Å². The highest BCUT2D eigenvalue weighted by Gasteiger charge is 2.19. The van der Waals surface area contributed by atoms with Crippen molar-refractivity contribution in [1.29, 1.82) is 0 Å². The number of carbonyl (C=O) groups is 1. The van der Waals surface area contributed by atoms with Gasteiger partial charge in [0.25, 0.3) is 5.91 Å². The summed E-state index contributed by atoms with van der Waals surface area (Å²) in [6.45, 7) is 9.73. The Morgan fingerprint density at radius 2 is 1.47 bits per heavy atom. The second-order valence-corrected chi connectivity index (χ2v) is 10.3. The van der Waals surface area contributed by atoms with Gasteiger partial charge in [0.1, 0.15) is 5.75 Å². The van der Waals surface area contributed by atoms with Gasteiger partial charge in [0.15, 0.2) is 6.61 Å². The molecular weight excluding hydrogens is 448 g/mol. The fraction of sp³-hybridized carbons (Fsp3) is 0.296. The van der Waals surface area contributed by atoms with E-state index in [1.807, 2.05) is 44.2 Å². The summed E-state index contributed by atoms with van der Waals surface area (Å²) in [5, 5.41) is 2.96. The van der Waals surface area contributed by atoms with Gasteiger partial charge in [-0.2, -0.15) is 0 Å². The zero-order valence-electron chi connectivity index (χ0n) is 20.3. The molecule has 0 heterocycles. The summed E-state index contributed by atoms with van der Waals surface area (Å²) in [6, 6.07) is 19.1. The van der Waals surface area contributed by atoms with Gasteiger partial charge < -0.3 is 10.1 Å². The minimum absolute atomic E-state index is 0.130. The molecule has 0 aliphatic carbocycles. The summed E-state index contributed by atoms with van der Waals surface area (Å²) in [4.78, 5) is 12.5. The van der Waals surface area contributed by atoms with Crippen LogP contribution in [0.1, 0.15) is 53.7 Å². The lowest BCUT2D eigenvalue weighted by Gasteiger charge is -2.18. The summed E-state index contributed by atoms with van der Waals surface area (Å²) < 4.78 is 33.7. The molecule has 180 valence electrons. The number of aryl methyl sites for hydroxylation is 3. The van der Waals surface area contributed by atoms with Gasteiger partial charge in [0.05, 0.1) is 10.9 Å². The monoisotopic (exact) mass is 480 g/mol. The quantitative estimate of drug-likeness (QED) is 0.456. The van der Waals surface area contributed by atoms with Gasteiger partial charge in [0.2, 0.25) is 10.0 Å². The molecule has 2 N–H and O–H groups in total. The predicted molar refractivity (Wildman–Crippen MR) is 134 cm³/mol. The molecule has 0 bridgehead atoms. The van der Waals surface area contributed by atoms with E-state index in [9.17, 15) is 13.2 Å². The van der Waals surface area contributed by atoms with Gasteiger partial charge in [-0.05, 0) is 86.7 Å². The molecule has 0 unspecified atom stereocenters. The predicted octanol–water partition coefficient (Wildman–Crippen LogP) is 4.91. The molecule has 0 saturated heterocycles. The van der Waals surface area contributed by atoms with Crippen LogP contribution in [0.4, 0.5) is 0 Å². The van der Waals surface area contributed by atoms with E-state index in [0.29, 0.717) is 5.75 Å². The number of benzene rings is 3. The van der Waals surface area contributed by atoms with Crippen molar-refractivity contribution in [1.82, 2.24) is 10.0 Å². The van der Waals surface area contributed by atoms with Gasteiger partial charge in [-0.1, -0.05) is 42.5 Å². The van der Waals surface area contributed by atoms with Crippen molar-refractivity contribution in [3.05, 3.63) is 94.5 Å². The van der Waals surface area contributed by atoms with Gasteiger partial charge >= 0.3 is 0 Å². The summed E-state index contributed by atoms with van der Waals surface area (Å²) >= 11 is 0. The largest absolute Gasteiger partial charge is 0.484 e. The van der Waals surface area contributed by atoms with E-state index in [-0.39, 0.29) is 29.5 Å². The molecule has 0 aliphatic heterocycles. The fourth-order valence-corrected chi connectivity index (χ4v) is 5.02. The number of nitrogens with one attached hydrogen (secondary N) is 2. The highest BCUT2D eigenvalue weighted by Crippen LogP contribution is 2.22. The van der Waals surface area contributed by atoms with Crippen LogP contribution in [0.25, 0.3) is 0 Å². The Kier molecular flexibility index (Phi) is 8.12. The number of ether oxygens (including phenoxy) is 1. The second-order valence-electron chi connectivity index (χ2n) is 8.60. The van der Waals surface area contributed by atoms with Crippen molar-refractivity contribution in [2.45, 2.75) is 51.6 Å². The van der Waals surface area contributed by atoms with Crippen LogP contribution in [0.3, 0.4) is 0 Å². The van der Waals surface area contributed by atoms with E-state index in [1.165, 1.54) is 23.3 Å². The normalized spacial score (nSPS) is 13.2. The Morgan fingerprint density at radius 3 is 2.12 bits per heavy atom. The van der Waals surface area contributed by atoms with Crippen molar-refractivity contribution in [3.8, 4) is 5.75 Å². The topological polar surface area (TPSA) is 84.5 Å². The molecule has 3 rings (SSSR count). The smallest absolute Gasteiger partial charge is 0.258 e. The van der Waals surface area contributed by atoms with E-state index in [4.69, 9.17) is 4.74 Å². The Morgan fingerprint density at radius 1 is 0.853 bits per heavy atom. The molecule has 0 radical (unpaired) electrons. The third-order valence-electron chi connectivity index (χ3n) is 5.86. The molecule has 0 aromatic heterocycles. The lowest BCUT2D eigenvalue weighted by molar-refractivity contribution is -0.123. The molecule has 6 nitrogen and oxygen atoms in total. The zero-order valence-corrected chi connectivity index (χ0v) is 21.1. The maximum Gasteiger partial charge on any atom is 0.258 e. The number of amides is 1. The Hall–Kier alpha value is -3.16. The molecule has 34 heavy (non-hydrogen) atoms. The van der Waals surface area contributed by atoms with Gasteiger partial charge in [-0.15, -0.1) is 0 Å². The first-order chi connectivity index (χ1) is 16.1. The van der Waals surface area contributed by atoms with E-state index in [2.05, 4.69) is 36.0 Å². The Labute approximate surface area is 202 Å². The van der Waals surface area contributed by atoms with Crippen LogP contribution in [0.15, 0.2) is 71.6 Å². The average Bonchev–Trinajstić information content (AvgIpc) is 2.80. The number of hydrogen-bond acceptors (Lipinski definition) is 4. The van der Waals surface area contributed by atoms with Crippen LogP contribution in [-0.2, 0) is 14.8 Å². The van der Waals surface area contributed by atoms with E-state index in [1.54, 1.807) is 19.1 Å². The highest BCUT2D eigenvalue weighted by molar-refractivity contribution is 7.89. The van der Waals surface area contributed by atoms with Crippen molar-refractivity contribution in [2.75, 3.05) is 6.61 Å². The van der Waals surface area contributed by atoms with Crippen LogP contribution in [0.5, 0.6) is 5.75 Å². The Balaban J connectivity index is 1.56. The van der Waals surface area contributed by atoms with Crippen molar-refractivity contribution in [3.63, 3.8) is 0 Å². The molecule has 0 fully saturated rings. The number of sulfonamides is 1. The van der Waals surface area contributed by atoms with Crippen LogP contribution in [0, 0.1) is 20.8 Å². The molecule has 0 spiro atoms. The lowest BCUT2D eigenvalue weighted by Crippen LogP contribution is -2.31. The summed E-state index contributed by atoms with van der Waals surface area (Å²) in [6.07, 6.45) is 0. The van der Waals surface area contributed by atoms with Crippen molar-refractivity contribution in [2.24, 2.45) is 0 Å². The SMILES string of the molecule is Cc1cc(C)c([C@H](C)NC(=O)COc2ccc(S(=O)(=O)N[C@H](C)c3ccccc3)cc2)cc1C. The first-order valence-electron chi connectivity index (χ1n) is 11.2. The van der Waals surface area contributed by atoms with Crippen LogP contribution in [-0.4, -0.2) is 20.9 Å². The first-order valence-corrected chi connectivity index (χ1v) is 12.7. The van der Waals surface area contributed by atoms with E-state index >= 15 is 0 Å². The molecule has 3 aromatic carbocycles. The van der Waals surface area contributed by atoms with E-state index < -0.39 is 10.0 Å². The van der Waals surface area contributed by atoms with Gasteiger partial charge in [-0.3, -0.25) is 4.79 Å². The molecule has 1 amide bonds. The zero-order chi connectivity index (χ0) is 24.9. The molecule has 3 aromatic rings. The van der Waals surface area contributed by atoms with Gasteiger partial charge in [0, 0.05) is 6.04 Å². The minimum atomic E-state index is -3.70. The Bertz CT molecular complexity index is 1240. The minimum Gasteiger partial charge on any atom is -0.484 e. The molecular formula is C27H32N2O4S. The fourth-order valence-electron chi connectivity index (χ4n) is 3.78. The molecule has 0 saturated carbocycles. The second kappa shape index (κ2) is 10.8. The average molecular weight is 481 g/mol. The standard InChI is InChI=1S/C27H32N2O4S/c1-18-15-20(3)26(16-19(18)2)22(5)28-27(30)17-33-24-11-13-25(14-12-24)34(31,32)29-21(4)23-9-7-6-8-10-23/h6-16,21-22,29H,17H2,1-5H3,(H,28,30)/t21-,22+/m1/s1. The summed E-state index contributed by atoms with van der Waals surface area (Å²) in [5.41, 5.74) is 5.48. The van der Waals surface area contributed by atoms with E-state index in [0.717, 1.165) is 16.7 Å².